The van der Waals surface area contributed by atoms with Gasteiger partial charge in [0, 0.05) is 13.3 Å². The Labute approximate surface area is 72.6 Å². The number of rotatable bonds is 3. The molecule has 0 aliphatic carbocycles. The van der Waals surface area contributed by atoms with E-state index in [1.54, 1.807) is 13.3 Å². The van der Waals surface area contributed by atoms with Crippen molar-refractivity contribution < 1.29 is 4.74 Å². The number of nitrogen functional groups attached to an aromatic ring is 1. The zero-order valence-corrected chi connectivity index (χ0v) is 7.50. The lowest BCUT2D eigenvalue weighted by Gasteiger charge is -2.06. The Balaban J connectivity index is 2.81. The van der Waals surface area contributed by atoms with Gasteiger partial charge < -0.3 is 10.5 Å². The van der Waals surface area contributed by atoms with Crippen LogP contribution in [0.4, 0.5) is 5.82 Å². The van der Waals surface area contributed by atoms with Crippen molar-refractivity contribution >= 4 is 5.82 Å². The summed E-state index contributed by atoms with van der Waals surface area (Å²) in [6.45, 7) is 2.72. The summed E-state index contributed by atoms with van der Waals surface area (Å²) in [7, 11) is 1.68. The minimum atomic E-state index is 0.618. The third-order valence-corrected chi connectivity index (χ3v) is 1.88. The maximum atomic E-state index is 5.70. The van der Waals surface area contributed by atoms with E-state index in [9.17, 15) is 0 Å². The molecular formula is C9H14N2O. The maximum absolute atomic E-state index is 5.70. The highest BCUT2D eigenvalue weighted by atomic mass is 16.5. The van der Waals surface area contributed by atoms with Crippen molar-refractivity contribution in [3.05, 3.63) is 23.4 Å². The first-order chi connectivity index (χ1) is 5.75. The fraction of sp³-hybridized carbons (Fsp3) is 0.444. The first-order valence-electron chi connectivity index (χ1n) is 3.94. The Morgan fingerprint density at radius 3 is 2.92 bits per heavy atom. The molecule has 0 aliphatic heterocycles. The molecule has 3 nitrogen and oxygen atoms in total. The second kappa shape index (κ2) is 4.07. The molecule has 1 heterocycles. The van der Waals surface area contributed by atoms with Gasteiger partial charge in [0.2, 0.25) is 0 Å². The van der Waals surface area contributed by atoms with E-state index in [0.717, 1.165) is 12.0 Å². The lowest BCUT2D eigenvalue weighted by molar-refractivity contribution is 0.202. The van der Waals surface area contributed by atoms with E-state index in [-0.39, 0.29) is 0 Å². The second-order valence-electron chi connectivity index (χ2n) is 2.73. The van der Waals surface area contributed by atoms with Gasteiger partial charge in [-0.1, -0.05) is 0 Å². The molecule has 1 rings (SSSR count). The summed E-state index contributed by atoms with van der Waals surface area (Å²) in [6.07, 6.45) is 2.56. The standard InChI is InChI=1S/C9H14N2O/c1-7-3-5-11-9(10)8(7)4-6-12-2/h3,5H,4,6H2,1-2H3,(H2,10,11). The summed E-state index contributed by atoms with van der Waals surface area (Å²) in [5, 5.41) is 0. The minimum Gasteiger partial charge on any atom is -0.384 e. The van der Waals surface area contributed by atoms with E-state index in [1.807, 2.05) is 13.0 Å². The highest BCUT2D eigenvalue weighted by Gasteiger charge is 2.02. The molecule has 1 aromatic heterocycles. The SMILES string of the molecule is COCCc1c(C)ccnc1N. The summed E-state index contributed by atoms with van der Waals surface area (Å²) >= 11 is 0. The Morgan fingerprint density at radius 2 is 2.33 bits per heavy atom. The zero-order chi connectivity index (χ0) is 8.97. The molecule has 0 unspecified atom stereocenters. The van der Waals surface area contributed by atoms with Crippen molar-refractivity contribution in [1.29, 1.82) is 0 Å². The van der Waals surface area contributed by atoms with E-state index in [2.05, 4.69) is 4.98 Å². The van der Waals surface area contributed by atoms with Gasteiger partial charge in [0.1, 0.15) is 5.82 Å². The van der Waals surface area contributed by atoms with Gasteiger partial charge >= 0.3 is 0 Å². The van der Waals surface area contributed by atoms with Crippen LogP contribution in [0.15, 0.2) is 12.3 Å². The smallest absolute Gasteiger partial charge is 0.126 e. The molecular weight excluding hydrogens is 152 g/mol. The molecule has 0 amide bonds. The second-order valence-corrected chi connectivity index (χ2v) is 2.73. The monoisotopic (exact) mass is 166 g/mol. The number of aryl methyl sites for hydroxylation is 1. The third-order valence-electron chi connectivity index (χ3n) is 1.88. The van der Waals surface area contributed by atoms with Crippen LogP contribution in [0.5, 0.6) is 0 Å². The normalized spacial score (nSPS) is 10.2. The van der Waals surface area contributed by atoms with Gasteiger partial charge in [-0.3, -0.25) is 0 Å². The van der Waals surface area contributed by atoms with Crippen LogP contribution in [-0.4, -0.2) is 18.7 Å². The number of aromatic nitrogens is 1. The Hall–Kier alpha value is -1.09. The average molecular weight is 166 g/mol. The van der Waals surface area contributed by atoms with Crippen molar-refractivity contribution in [3.63, 3.8) is 0 Å². The zero-order valence-electron chi connectivity index (χ0n) is 7.50. The molecule has 0 atom stereocenters. The number of methoxy groups -OCH3 is 1. The van der Waals surface area contributed by atoms with E-state index < -0.39 is 0 Å². The molecule has 0 saturated heterocycles. The highest BCUT2D eigenvalue weighted by Crippen LogP contribution is 2.13. The van der Waals surface area contributed by atoms with Crippen LogP contribution < -0.4 is 5.73 Å². The van der Waals surface area contributed by atoms with Crippen LogP contribution in [0.2, 0.25) is 0 Å². The molecule has 0 bridgehead atoms. The van der Waals surface area contributed by atoms with Crippen molar-refractivity contribution in [3.8, 4) is 0 Å². The van der Waals surface area contributed by atoms with Crippen LogP contribution in [0, 0.1) is 6.92 Å². The van der Waals surface area contributed by atoms with Crippen molar-refractivity contribution in [2.24, 2.45) is 0 Å². The van der Waals surface area contributed by atoms with Gasteiger partial charge in [-0.2, -0.15) is 0 Å². The van der Waals surface area contributed by atoms with Crippen LogP contribution in [-0.2, 0) is 11.2 Å². The first kappa shape index (κ1) is 9.00. The van der Waals surface area contributed by atoms with Gasteiger partial charge in [0.05, 0.1) is 6.61 Å². The molecule has 0 aliphatic rings. The van der Waals surface area contributed by atoms with Crippen molar-refractivity contribution in [2.75, 3.05) is 19.5 Å². The number of hydrogen-bond donors (Lipinski definition) is 1. The fourth-order valence-electron chi connectivity index (χ4n) is 1.14. The quantitative estimate of drug-likeness (QED) is 0.733. The lowest BCUT2D eigenvalue weighted by Crippen LogP contribution is -2.03. The predicted octanol–water partition coefficient (Wildman–Crippen LogP) is 1.16. The number of hydrogen-bond acceptors (Lipinski definition) is 3. The third kappa shape index (κ3) is 1.95. The van der Waals surface area contributed by atoms with Gasteiger partial charge in [-0.25, -0.2) is 4.98 Å². The number of nitrogens with zero attached hydrogens (tertiary/aromatic N) is 1. The molecule has 0 radical (unpaired) electrons. The Kier molecular flexibility index (Phi) is 3.05. The summed E-state index contributed by atoms with van der Waals surface area (Å²) in [5.41, 5.74) is 7.97. The largest absolute Gasteiger partial charge is 0.384 e. The van der Waals surface area contributed by atoms with E-state index in [0.29, 0.717) is 12.4 Å². The average Bonchev–Trinajstić information content (AvgIpc) is 2.04. The number of nitrogens with two attached hydrogens (primary N) is 1. The molecule has 66 valence electrons. The van der Waals surface area contributed by atoms with E-state index in [4.69, 9.17) is 10.5 Å². The maximum Gasteiger partial charge on any atom is 0.126 e. The van der Waals surface area contributed by atoms with Crippen LogP contribution in [0.3, 0.4) is 0 Å². The lowest BCUT2D eigenvalue weighted by atomic mass is 10.1. The van der Waals surface area contributed by atoms with Crippen molar-refractivity contribution in [1.82, 2.24) is 4.98 Å². The van der Waals surface area contributed by atoms with Crippen LogP contribution >= 0.6 is 0 Å². The fourth-order valence-corrected chi connectivity index (χ4v) is 1.14. The minimum absolute atomic E-state index is 0.618. The van der Waals surface area contributed by atoms with Crippen LogP contribution in [0.25, 0.3) is 0 Å². The number of pyridine rings is 1. The highest BCUT2D eigenvalue weighted by molar-refractivity contribution is 5.43. The van der Waals surface area contributed by atoms with E-state index in [1.165, 1.54) is 5.56 Å². The summed E-state index contributed by atoms with van der Waals surface area (Å²) in [5.74, 6) is 0.618. The number of ether oxygens (including phenoxy) is 1. The van der Waals surface area contributed by atoms with Gasteiger partial charge in [0.15, 0.2) is 0 Å². The summed E-state index contributed by atoms with van der Waals surface area (Å²) < 4.78 is 4.97. The molecule has 3 heteroatoms. The molecule has 12 heavy (non-hydrogen) atoms. The Bertz CT molecular complexity index is 240. The first-order valence-corrected chi connectivity index (χ1v) is 3.94. The Morgan fingerprint density at radius 1 is 1.58 bits per heavy atom. The molecule has 1 aromatic rings. The van der Waals surface area contributed by atoms with Gasteiger partial charge in [-0.05, 0) is 30.5 Å². The molecule has 0 aromatic carbocycles. The number of anilines is 1. The van der Waals surface area contributed by atoms with Crippen LogP contribution in [0.1, 0.15) is 11.1 Å². The van der Waals surface area contributed by atoms with E-state index >= 15 is 0 Å². The molecule has 0 saturated carbocycles. The molecule has 0 spiro atoms. The van der Waals surface area contributed by atoms with Gasteiger partial charge in [0.25, 0.3) is 0 Å². The van der Waals surface area contributed by atoms with Crippen molar-refractivity contribution in [2.45, 2.75) is 13.3 Å². The molecule has 0 fully saturated rings. The summed E-state index contributed by atoms with van der Waals surface area (Å²) in [6, 6.07) is 1.96. The van der Waals surface area contributed by atoms with Gasteiger partial charge in [-0.15, -0.1) is 0 Å². The molecule has 2 N–H and O–H groups in total. The predicted molar refractivity (Wildman–Crippen MR) is 49.0 cm³/mol. The summed E-state index contributed by atoms with van der Waals surface area (Å²) in [4.78, 5) is 4.02. The topological polar surface area (TPSA) is 48.1 Å².